The number of amides is 1. The van der Waals surface area contributed by atoms with Crippen molar-refractivity contribution in [1.82, 2.24) is 19.7 Å². The number of hydrogen-bond acceptors (Lipinski definition) is 6. The molecule has 4 rings (SSSR count). The van der Waals surface area contributed by atoms with Gasteiger partial charge in [-0.1, -0.05) is 12.1 Å². The number of rotatable bonds is 6. The van der Waals surface area contributed by atoms with E-state index in [0.29, 0.717) is 17.0 Å². The third-order valence-corrected chi connectivity index (χ3v) is 5.97. The third kappa shape index (κ3) is 4.52. The van der Waals surface area contributed by atoms with Gasteiger partial charge in [0, 0.05) is 21.7 Å². The van der Waals surface area contributed by atoms with Crippen LogP contribution in [0.4, 0.5) is 10.1 Å². The molecular formula is C20H16FN5OS2. The average Bonchev–Trinajstić information content (AvgIpc) is 3.38. The van der Waals surface area contributed by atoms with Gasteiger partial charge in [-0.05, 0) is 37.3 Å². The highest BCUT2D eigenvalue weighted by Crippen LogP contribution is 2.28. The van der Waals surface area contributed by atoms with Crippen LogP contribution in [0.1, 0.15) is 21.1 Å². The first-order chi connectivity index (χ1) is 14.1. The lowest BCUT2D eigenvalue weighted by molar-refractivity contribution is 0.102. The minimum absolute atomic E-state index is 0.259. The van der Waals surface area contributed by atoms with E-state index in [2.05, 4.69) is 20.4 Å². The summed E-state index contributed by atoms with van der Waals surface area (Å²) in [5.74, 6) is -0.124. The van der Waals surface area contributed by atoms with Crippen LogP contribution >= 0.6 is 23.1 Å². The molecule has 0 saturated heterocycles. The van der Waals surface area contributed by atoms with Crippen LogP contribution in [0.2, 0.25) is 0 Å². The maximum absolute atomic E-state index is 14.4. The van der Waals surface area contributed by atoms with Crippen molar-refractivity contribution in [2.75, 3.05) is 5.32 Å². The van der Waals surface area contributed by atoms with Crippen LogP contribution in [-0.4, -0.2) is 25.7 Å². The molecule has 0 spiro atoms. The predicted octanol–water partition coefficient (Wildman–Crippen LogP) is 4.72. The van der Waals surface area contributed by atoms with E-state index in [1.165, 1.54) is 23.4 Å². The van der Waals surface area contributed by atoms with E-state index in [1.54, 1.807) is 47.4 Å². The lowest BCUT2D eigenvalue weighted by Gasteiger charge is -2.11. The van der Waals surface area contributed by atoms with Crippen LogP contribution in [0.3, 0.4) is 0 Å². The number of carbonyl (C=O) groups excluding carboxylic acids is 1. The normalized spacial score (nSPS) is 10.8. The van der Waals surface area contributed by atoms with Gasteiger partial charge in [0.25, 0.3) is 5.91 Å². The molecule has 0 atom stereocenters. The van der Waals surface area contributed by atoms with Crippen molar-refractivity contribution in [2.24, 2.45) is 0 Å². The van der Waals surface area contributed by atoms with Crippen LogP contribution in [-0.2, 0) is 5.75 Å². The van der Waals surface area contributed by atoms with Crippen LogP contribution in [0.25, 0.3) is 5.69 Å². The summed E-state index contributed by atoms with van der Waals surface area (Å²) in [4.78, 5) is 21.9. The molecule has 1 amide bonds. The third-order valence-electron chi connectivity index (χ3n) is 4.04. The molecule has 0 aliphatic heterocycles. The van der Waals surface area contributed by atoms with Gasteiger partial charge in [0.1, 0.15) is 18.3 Å². The summed E-state index contributed by atoms with van der Waals surface area (Å²) in [6.45, 7) is 1.97. The number of nitrogens with zero attached hydrogens (tertiary/aromatic N) is 4. The first-order valence-electron chi connectivity index (χ1n) is 8.69. The topological polar surface area (TPSA) is 72.7 Å². The number of thiazole rings is 1. The van der Waals surface area contributed by atoms with E-state index in [0.717, 1.165) is 15.6 Å². The van der Waals surface area contributed by atoms with Gasteiger partial charge in [-0.25, -0.2) is 19.0 Å². The molecule has 0 aliphatic carbocycles. The molecular weight excluding hydrogens is 409 g/mol. The zero-order chi connectivity index (χ0) is 20.2. The number of carbonyl (C=O) groups is 1. The number of hydrogen-bond donors (Lipinski definition) is 1. The molecule has 2 aromatic heterocycles. The molecule has 9 heteroatoms. The predicted molar refractivity (Wildman–Crippen MR) is 112 cm³/mol. The van der Waals surface area contributed by atoms with Crippen molar-refractivity contribution in [3.63, 3.8) is 0 Å². The van der Waals surface area contributed by atoms with Crippen molar-refractivity contribution < 1.29 is 9.18 Å². The van der Waals surface area contributed by atoms with E-state index in [-0.39, 0.29) is 11.6 Å². The Hall–Kier alpha value is -3.04. The van der Waals surface area contributed by atoms with Gasteiger partial charge < -0.3 is 5.32 Å². The molecule has 29 heavy (non-hydrogen) atoms. The van der Waals surface area contributed by atoms with E-state index in [1.807, 2.05) is 24.4 Å². The standard InChI is InChI=1S/C20H16FN5OS2/c1-13-24-15(9-28-13)10-29-19-5-3-2-4-16(19)20(27)25-14-6-7-18(17(21)8-14)26-12-22-11-23-26/h2-9,11-12H,10H2,1H3,(H,25,27). The molecule has 0 fully saturated rings. The Kier molecular flexibility index (Phi) is 5.68. The van der Waals surface area contributed by atoms with Crippen molar-refractivity contribution in [2.45, 2.75) is 17.6 Å². The molecule has 6 nitrogen and oxygen atoms in total. The van der Waals surface area contributed by atoms with Crippen molar-refractivity contribution >= 4 is 34.7 Å². The Balaban J connectivity index is 1.49. The highest BCUT2D eigenvalue weighted by molar-refractivity contribution is 7.98. The molecule has 0 saturated carbocycles. The van der Waals surface area contributed by atoms with Crippen LogP contribution in [0, 0.1) is 12.7 Å². The first-order valence-corrected chi connectivity index (χ1v) is 10.6. The zero-order valence-electron chi connectivity index (χ0n) is 15.4. The number of aromatic nitrogens is 4. The second-order valence-electron chi connectivity index (χ2n) is 6.10. The molecule has 0 aliphatic rings. The maximum atomic E-state index is 14.4. The summed E-state index contributed by atoms with van der Waals surface area (Å²) < 4.78 is 15.7. The number of benzene rings is 2. The molecule has 0 bridgehead atoms. The number of anilines is 1. The maximum Gasteiger partial charge on any atom is 0.256 e. The summed E-state index contributed by atoms with van der Waals surface area (Å²) >= 11 is 3.15. The van der Waals surface area contributed by atoms with Gasteiger partial charge in [0.2, 0.25) is 0 Å². The van der Waals surface area contributed by atoms with Gasteiger partial charge in [-0.15, -0.1) is 23.1 Å². The summed E-state index contributed by atoms with van der Waals surface area (Å²) in [6, 6.07) is 11.8. The largest absolute Gasteiger partial charge is 0.322 e. The zero-order valence-corrected chi connectivity index (χ0v) is 17.0. The van der Waals surface area contributed by atoms with Crippen molar-refractivity contribution in [3.8, 4) is 5.69 Å². The Morgan fingerprint density at radius 2 is 2.14 bits per heavy atom. The molecule has 2 heterocycles. The highest BCUT2D eigenvalue weighted by Gasteiger charge is 2.14. The molecule has 1 N–H and O–H groups in total. The summed E-state index contributed by atoms with van der Waals surface area (Å²) in [5, 5.41) is 9.71. The minimum atomic E-state index is -0.505. The van der Waals surface area contributed by atoms with Gasteiger partial charge >= 0.3 is 0 Å². The van der Waals surface area contributed by atoms with Crippen LogP contribution in [0.15, 0.2) is 65.4 Å². The molecule has 146 valence electrons. The highest BCUT2D eigenvalue weighted by atomic mass is 32.2. The van der Waals surface area contributed by atoms with Gasteiger partial charge in [0.05, 0.1) is 16.3 Å². The Morgan fingerprint density at radius 1 is 1.28 bits per heavy atom. The van der Waals surface area contributed by atoms with E-state index in [4.69, 9.17) is 0 Å². The number of aryl methyl sites for hydroxylation is 1. The molecule has 0 unspecified atom stereocenters. The van der Waals surface area contributed by atoms with Crippen LogP contribution in [0.5, 0.6) is 0 Å². The Labute approximate surface area is 174 Å². The van der Waals surface area contributed by atoms with Gasteiger partial charge in [-0.3, -0.25) is 4.79 Å². The fourth-order valence-electron chi connectivity index (χ4n) is 2.71. The summed E-state index contributed by atoms with van der Waals surface area (Å²) in [7, 11) is 0. The van der Waals surface area contributed by atoms with E-state index < -0.39 is 5.82 Å². The van der Waals surface area contributed by atoms with Crippen LogP contribution < -0.4 is 5.32 Å². The number of halogens is 1. The smallest absolute Gasteiger partial charge is 0.256 e. The van der Waals surface area contributed by atoms with Crippen molar-refractivity contribution in [3.05, 3.63) is 82.6 Å². The monoisotopic (exact) mass is 425 g/mol. The minimum Gasteiger partial charge on any atom is -0.322 e. The lowest BCUT2D eigenvalue weighted by Crippen LogP contribution is -2.13. The fourth-order valence-corrected chi connectivity index (χ4v) is 4.37. The second kappa shape index (κ2) is 8.54. The SMILES string of the molecule is Cc1nc(CSc2ccccc2C(=O)Nc2ccc(-n3cncn3)c(F)c2)cs1. The van der Waals surface area contributed by atoms with Gasteiger partial charge in [0.15, 0.2) is 5.82 Å². The Morgan fingerprint density at radius 3 is 2.86 bits per heavy atom. The summed E-state index contributed by atoms with van der Waals surface area (Å²) in [5.41, 5.74) is 2.14. The number of nitrogens with one attached hydrogen (secondary N) is 1. The second-order valence-corrected chi connectivity index (χ2v) is 8.18. The van der Waals surface area contributed by atoms with Gasteiger partial charge in [-0.2, -0.15) is 5.10 Å². The average molecular weight is 426 g/mol. The Bertz CT molecular complexity index is 1140. The van der Waals surface area contributed by atoms with E-state index >= 15 is 0 Å². The fraction of sp³-hybridized carbons (Fsp3) is 0.100. The molecule has 0 radical (unpaired) electrons. The quantitative estimate of drug-likeness (QED) is 0.453. The first kappa shape index (κ1) is 19.3. The number of thioether (sulfide) groups is 1. The molecule has 2 aromatic carbocycles. The lowest BCUT2D eigenvalue weighted by atomic mass is 10.2. The van der Waals surface area contributed by atoms with Crippen molar-refractivity contribution in [1.29, 1.82) is 0 Å². The van der Waals surface area contributed by atoms with E-state index in [9.17, 15) is 9.18 Å². The molecule has 4 aromatic rings. The summed E-state index contributed by atoms with van der Waals surface area (Å²) in [6.07, 6.45) is 2.74.